The molecule has 0 saturated carbocycles. The van der Waals surface area contributed by atoms with E-state index in [1.165, 1.54) is 146 Å². The minimum Gasteiger partial charge on any atom is -0.454 e. The van der Waals surface area contributed by atoms with Crippen LogP contribution in [0, 0.1) is 41.5 Å². The largest absolute Gasteiger partial charge is 0.454 e. The molecule has 0 atom stereocenters. The molecule has 0 saturated heterocycles. The minimum atomic E-state index is -2.86. The van der Waals surface area contributed by atoms with Gasteiger partial charge in [-0.15, -0.1) is 0 Å². The van der Waals surface area contributed by atoms with Crippen LogP contribution in [0.25, 0.3) is 115 Å². The number of rotatable bonds is 20. The van der Waals surface area contributed by atoms with Crippen molar-refractivity contribution in [1.29, 1.82) is 0 Å². The van der Waals surface area contributed by atoms with Crippen molar-refractivity contribution in [1.82, 2.24) is 0 Å². The minimum absolute atomic E-state index is 0.243. The Balaban J connectivity index is 0.636. The summed E-state index contributed by atoms with van der Waals surface area (Å²) in [5.41, 5.74) is 29.4. The average Bonchev–Trinajstić information content (AvgIpc) is 0.933. The molecule has 2 heterocycles. The maximum absolute atomic E-state index is 6.96. The highest BCUT2D eigenvalue weighted by Gasteiger charge is 2.45. The summed E-state index contributed by atoms with van der Waals surface area (Å²) >= 11 is 0. The zero-order chi connectivity index (χ0) is 88.2. The molecular weight excluding hydrogens is 1610 g/mol. The molecule has 0 bridgehead atoms. The van der Waals surface area contributed by atoms with E-state index in [4.69, 9.17) is 8.83 Å². The molecule has 1 aliphatic carbocycles. The summed E-state index contributed by atoms with van der Waals surface area (Å²) in [4.78, 5) is 4.79. The van der Waals surface area contributed by atoms with Crippen LogP contribution in [0.4, 0.5) is 34.1 Å². The maximum Gasteiger partial charge on any atom is 0.179 e. The number of fused-ring (bicyclic) bond motifs is 6. The Labute approximate surface area is 764 Å². The molecule has 0 N–H and O–H groups in total. The van der Waals surface area contributed by atoms with Crippen LogP contribution in [0.1, 0.15) is 102 Å². The maximum atomic E-state index is 6.96. The van der Waals surface area contributed by atoms with Crippen LogP contribution < -0.4 is 46.1 Å². The monoisotopic (exact) mass is 1710 g/mol. The highest BCUT2D eigenvalue weighted by atomic mass is 28.3. The standard InChI is InChI=1S/C124H102N2O2Si2/c1-79(2)113-77-115(89-47-55-95(56-48-89)125(117-27-17-25-111-105-23-11-13-29-119(105)127-123(111)117)93-51-43-87(44-52-93)91-19-15-21-103(75-91)129(97-59-31-81(5)32-60-97,98-61-33-82(6)34-62-98)99-63-35-83(7)36-64-99)109-74-72-108-114(80(3)4)78-116(110-73-71-107(113)121(109)122(108)110)90-49-57-96(58-50-90)126(118-28-18-26-112-106-24-12-14-30-120(106)128-124(112)118)94-53-45-88(46-54-94)92-20-16-22-104(76-92)130(100-65-37-84(8)38-66-100,101-67-39-85(9)40-68-101)102-69-41-86(10)42-70-102/h11-15,17-19,21-80H,16,20H2,1-10H3. The molecule has 0 fully saturated rings. The third kappa shape index (κ3) is 13.9. The van der Waals surface area contributed by atoms with E-state index in [0.717, 1.165) is 108 Å². The van der Waals surface area contributed by atoms with E-state index in [1.54, 1.807) is 0 Å². The fourth-order valence-electron chi connectivity index (χ4n) is 21.3. The highest BCUT2D eigenvalue weighted by Crippen LogP contribution is 2.51. The Morgan fingerprint density at radius 3 is 0.969 bits per heavy atom. The molecule has 0 amide bonds. The van der Waals surface area contributed by atoms with Crippen LogP contribution in [0.2, 0.25) is 0 Å². The summed E-state index contributed by atoms with van der Waals surface area (Å²) in [6.45, 7) is 22.6. The first kappa shape index (κ1) is 81.1. The van der Waals surface area contributed by atoms with E-state index in [1.807, 2.05) is 0 Å². The Hall–Kier alpha value is -14.7. The predicted molar refractivity (Wildman–Crippen MR) is 560 cm³/mol. The summed E-state index contributed by atoms with van der Waals surface area (Å²) in [7, 11) is -5.68. The van der Waals surface area contributed by atoms with Gasteiger partial charge in [0.15, 0.2) is 27.3 Å². The summed E-state index contributed by atoms with van der Waals surface area (Å²) in [5, 5.41) is 23.1. The molecule has 6 heteroatoms. The molecule has 0 aliphatic heterocycles. The number of nitrogens with zero attached hydrogens (tertiary/aromatic N) is 2. The van der Waals surface area contributed by atoms with Gasteiger partial charge in [0.05, 0.1) is 11.4 Å². The van der Waals surface area contributed by atoms with E-state index in [0.29, 0.717) is 0 Å². The van der Waals surface area contributed by atoms with Crippen LogP contribution >= 0.6 is 0 Å². The van der Waals surface area contributed by atoms with E-state index >= 15 is 0 Å². The summed E-state index contributed by atoms with van der Waals surface area (Å²) in [6.07, 6.45) is 7.03. The second kappa shape index (κ2) is 32.9. The van der Waals surface area contributed by atoms with Crippen molar-refractivity contribution in [3.05, 3.63) is 456 Å². The van der Waals surface area contributed by atoms with Crippen molar-refractivity contribution < 1.29 is 8.83 Å². The summed E-state index contributed by atoms with van der Waals surface area (Å²) in [6, 6.07) is 148. The fraction of sp³-hybridized carbons (Fsp3) is 0.113. The number of hydrogen-bond donors (Lipinski definition) is 0. The molecule has 0 radical (unpaired) electrons. The first-order valence-electron chi connectivity index (χ1n) is 46.1. The molecule has 1 aliphatic rings. The van der Waals surface area contributed by atoms with Gasteiger partial charge in [-0.05, 0) is 281 Å². The zero-order valence-corrected chi connectivity index (χ0v) is 77.4. The van der Waals surface area contributed by atoms with Gasteiger partial charge >= 0.3 is 0 Å². The number of furan rings is 2. The SMILES string of the molecule is Cc1ccc([Si](C2=CCCC(c3ccc(N(c4ccc(-c5cc(C(C)C)c6ccc7c(-c8ccc(N(c9ccc(-c%10cccc([Si](c%11ccc(C)cc%11)(c%11ccc(C)cc%11)c%11ccc(C)cc%11)c%10)cc9)c9cccc%10c9oc9ccccc9%10)cc8)cc(C(C)C)c8ccc5c6c78)cc4)c4cccc5c4oc4ccccc45)cc3)=C2)(c2ccc(C)cc2)c2ccc(C)cc2)cc1. The van der Waals surface area contributed by atoms with Gasteiger partial charge in [0.2, 0.25) is 0 Å². The van der Waals surface area contributed by atoms with Crippen LogP contribution in [-0.4, -0.2) is 16.1 Å². The quantitative estimate of drug-likeness (QED) is 0.0433. The molecule has 2 aromatic heterocycles. The van der Waals surface area contributed by atoms with Crippen molar-refractivity contribution in [2.75, 3.05) is 9.80 Å². The lowest BCUT2D eigenvalue weighted by atomic mass is 9.81. The number of aryl methyl sites for hydroxylation is 6. The second-order valence-electron chi connectivity index (χ2n) is 36.9. The van der Waals surface area contributed by atoms with Crippen LogP contribution in [-0.2, 0) is 0 Å². The van der Waals surface area contributed by atoms with Crippen molar-refractivity contribution >= 4 is 168 Å². The van der Waals surface area contributed by atoms with Gasteiger partial charge < -0.3 is 18.6 Å². The van der Waals surface area contributed by atoms with Gasteiger partial charge in [-0.3, -0.25) is 0 Å². The van der Waals surface area contributed by atoms with Gasteiger partial charge in [-0.25, -0.2) is 0 Å². The number of benzene rings is 19. The van der Waals surface area contributed by atoms with Crippen LogP contribution in [0.5, 0.6) is 0 Å². The second-order valence-corrected chi connectivity index (χ2v) is 44.5. The Bertz CT molecular complexity index is 7730. The third-order valence-electron chi connectivity index (χ3n) is 28.0. The zero-order valence-electron chi connectivity index (χ0n) is 75.4. The van der Waals surface area contributed by atoms with Gasteiger partial charge in [0.1, 0.15) is 11.2 Å². The first-order valence-corrected chi connectivity index (χ1v) is 50.1. The highest BCUT2D eigenvalue weighted by molar-refractivity contribution is 7.20. The van der Waals surface area contributed by atoms with Crippen molar-refractivity contribution in [3.8, 4) is 33.4 Å². The lowest BCUT2D eigenvalue weighted by Crippen LogP contribution is -2.74. The fourth-order valence-corrected chi connectivity index (χ4v) is 30.9. The topological polar surface area (TPSA) is 32.8 Å². The number of para-hydroxylation sites is 4. The van der Waals surface area contributed by atoms with Gasteiger partial charge in [-0.1, -0.05) is 377 Å². The van der Waals surface area contributed by atoms with Crippen molar-refractivity contribution in [3.63, 3.8) is 0 Å². The lowest BCUT2D eigenvalue weighted by Gasteiger charge is -2.37. The molecular formula is C124H102N2O2Si2. The van der Waals surface area contributed by atoms with Gasteiger partial charge in [-0.2, -0.15) is 0 Å². The average molecular weight is 1710 g/mol. The smallest absolute Gasteiger partial charge is 0.179 e. The molecule has 21 aromatic rings. The molecule has 130 heavy (non-hydrogen) atoms. The predicted octanol–water partition coefficient (Wildman–Crippen LogP) is 29.6. The summed E-state index contributed by atoms with van der Waals surface area (Å²) in [5.74, 6) is 0.487. The molecule has 628 valence electrons. The number of hydrogen-bond acceptors (Lipinski definition) is 4. The molecule has 0 spiro atoms. The first-order chi connectivity index (χ1) is 63.5. The Kier molecular flexibility index (Phi) is 20.5. The number of allylic oxidation sites excluding steroid dienone is 4. The van der Waals surface area contributed by atoms with E-state index in [9.17, 15) is 0 Å². The Morgan fingerprint density at radius 2 is 0.592 bits per heavy atom. The van der Waals surface area contributed by atoms with E-state index in [-0.39, 0.29) is 11.8 Å². The third-order valence-corrected chi connectivity index (χ3v) is 37.6. The van der Waals surface area contributed by atoms with Crippen LogP contribution in [0.15, 0.2) is 414 Å². The molecule has 22 rings (SSSR count). The van der Waals surface area contributed by atoms with Gasteiger partial charge in [0, 0.05) is 44.3 Å². The summed E-state index contributed by atoms with van der Waals surface area (Å²) < 4.78 is 13.9. The lowest BCUT2D eigenvalue weighted by molar-refractivity contribution is 0.668. The molecule has 4 nitrogen and oxygen atoms in total. The normalized spacial score (nSPS) is 12.7. The van der Waals surface area contributed by atoms with E-state index in [2.05, 4.69) is 479 Å². The molecule has 19 aromatic carbocycles. The van der Waals surface area contributed by atoms with Gasteiger partial charge in [0.25, 0.3) is 0 Å². The van der Waals surface area contributed by atoms with Crippen LogP contribution in [0.3, 0.4) is 0 Å². The van der Waals surface area contributed by atoms with E-state index < -0.39 is 16.1 Å². The van der Waals surface area contributed by atoms with Crippen molar-refractivity contribution in [2.24, 2.45) is 0 Å². The molecule has 0 unspecified atom stereocenters. The number of anilines is 6. The Morgan fingerprint density at radius 1 is 0.262 bits per heavy atom. The van der Waals surface area contributed by atoms with Crippen molar-refractivity contribution in [2.45, 2.75) is 93.9 Å².